The molecule has 0 fully saturated rings. The Morgan fingerprint density at radius 2 is 1.65 bits per heavy atom. The Morgan fingerprint density at radius 1 is 1.04 bits per heavy atom. The predicted molar refractivity (Wildman–Crippen MR) is 92.6 cm³/mol. The molecule has 0 bridgehead atoms. The smallest absolute Gasteiger partial charge is 0.228 e. The fourth-order valence-electron chi connectivity index (χ4n) is 2.14. The zero-order valence-corrected chi connectivity index (χ0v) is 14.0. The van der Waals surface area contributed by atoms with Gasteiger partial charge >= 0.3 is 0 Å². The minimum absolute atomic E-state index is 0.135. The maximum Gasteiger partial charge on any atom is 0.228 e. The van der Waals surface area contributed by atoms with E-state index in [1.54, 1.807) is 12.1 Å². The van der Waals surface area contributed by atoms with Crippen molar-refractivity contribution in [1.82, 2.24) is 0 Å². The number of halogens is 1. The van der Waals surface area contributed by atoms with Gasteiger partial charge < -0.3 is 14.8 Å². The lowest BCUT2D eigenvalue weighted by Gasteiger charge is -2.14. The molecule has 0 saturated carbocycles. The van der Waals surface area contributed by atoms with Gasteiger partial charge in [-0.2, -0.15) is 0 Å². The molecule has 122 valence electrons. The molecule has 0 saturated heterocycles. The number of carbonyl (C=O) groups excluding carboxylic acids is 1. The Bertz CT molecular complexity index is 659. The van der Waals surface area contributed by atoms with Crippen LogP contribution in [0.2, 0.25) is 5.02 Å². The quantitative estimate of drug-likeness (QED) is 0.821. The van der Waals surface area contributed by atoms with Gasteiger partial charge in [0.15, 0.2) is 11.5 Å². The number of amides is 1. The fourth-order valence-corrected chi connectivity index (χ4v) is 2.34. The third-order valence-electron chi connectivity index (χ3n) is 3.11. The highest BCUT2D eigenvalue weighted by molar-refractivity contribution is 6.34. The van der Waals surface area contributed by atoms with E-state index >= 15 is 0 Å². The van der Waals surface area contributed by atoms with Gasteiger partial charge in [0.1, 0.15) is 0 Å². The molecule has 0 heterocycles. The standard InChI is InChI=1S/C18H20ClNO3/c1-3-22-16-11-14(19)15(12-17(16)23-4-2)20-18(21)10-13-8-6-5-7-9-13/h5-9,11-12H,3-4,10H2,1-2H3,(H,20,21). The van der Waals surface area contributed by atoms with Gasteiger partial charge in [-0.3, -0.25) is 4.79 Å². The molecular formula is C18H20ClNO3. The molecule has 1 amide bonds. The molecule has 1 N–H and O–H groups in total. The monoisotopic (exact) mass is 333 g/mol. The first-order valence-corrected chi connectivity index (χ1v) is 7.94. The molecule has 0 aromatic heterocycles. The molecule has 2 aromatic rings. The van der Waals surface area contributed by atoms with Crippen molar-refractivity contribution in [2.75, 3.05) is 18.5 Å². The maximum atomic E-state index is 12.2. The first-order chi connectivity index (χ1) is 11.1. The summed E-state index contributed by atoms with van der Waals surface area (Å²) >= 11 is 6.23. The van der Waals surface area contributed by atoms with E-state index in [-0.39, 0.29) is 12.3 Å². The van der Waals surface area contributed by atoms with Gasteiger partial charge in [0.2, 0.25) is 5.91 Å². The molecule has 0 atom stereocenters. The Hall–Kier alpha value is -2.20. The Balaban J connectivity index is 2.15. The first-order valence-electron chi connectivity index (χ1n) is 7.57. The van der Waals surface area contributed by atoms with E-state index in [9.17, 15) is 4.79 Å². The third kappa shape index (κ3) is 4.89. The maximum absolute atomic E-state index is 12.2. The molecule has 0 aliphatic carbocycles. The number of hydrogen-bond acceptors (Lipinski definition) is 3. The van der Waals surface area contributed by atoms with Crippen molar-refractivity contribution in [1.29, 1.82) is 0 Å². The van der Waals surface area contributed by atoms with Crippen molar-refractivity contribution in [2.24, 2.45) is 0 Å². The second-order valence-corrected chi connectivity index (χ2v) is 5.26. The molecule has 0 aliphatic heterocycles. The van der Waals surface area contributed by atoms with Crippen LogP contribution in [0.25, 0.3) is 0 Å². The minimum atomic E-state index is -0.135. The number of nitrogens with one attached hydrogen (secondary N) is 1. The topological polar surface area (TPSA) is 47.6 Å². The average molecular weight is 334 g/mol. The molecule has 0 radical (unpaired) electrons. The highest BCUT2D eigenvalue weighted by atomic mass is 35.5. The Labute approximate surface area is 141 Å². The minimum Gasteiger partial charge on any atom is -0.490 e. The largest absolute Gasteiger partial charge is 0.490 e. The zero-order valence-electron chi connectivity index (χ0n) is 13.3. The van der Waals surface area contributed by atoms with E-state index in [1.165, 1.54) is 0 Å². The summed E-state index contributed by atoms with van der Waals surface area (Å²) in [5.74, 6) is 0.999. The van der Waals surface area contributed by atoms with Crippen molar-refractivity contribution < 1.29 is 14.3 Å². The van der Waals surface area contributed by atoms with Crippen molar-refractivity contribution in [3.05, 3.63) is 53.1 Å². The van der Waals surface area contributed by atoms with Crippen molar-refractivity contribution in [2.45, 2.75) is 20.3 Å². The van der Waals surface area contributed by atoms with Crippen LogP contribution in [0.1, 0.15) is 19.4 Å². The lowest BCUT2D eigenvalue weighted by Crippen LogP contribution is -2.15. The van der Waals surface area contributed by atoms with Crippen LogP contribution < -0.4 is 14.8 Å². The van der Waals surface area contributed by atoms with Crippen molar-refractivity contribution >= 4 is 23.2 Å². The highest BCUT2D eigenvalue weighted by Gasteiger charge is 2.13. The summed E-state index contributed by atoms with van der Waals surface area (Å²) in [4.78, 5) is 12.2. The van der Waals surface area contributed by atoms with Crippen LogP contribution in [0.15, 0.2) is 42.5 Å². The number of hydrogen-bond donors (Lipinski definition) is 1. The first kappa shape index (κ1) is 17.2. The van der Waals surface area contributed by atoms with E-state index < -0.39 is 0 Å². The van der Waals surface area contributed by atoms with Gasteiger partial charge in [0.25, 0.3) is 0 Å². The van der Waals surface area contributed by atoms with Crippen LogP contribution in [0.5, 0.6) is 11.5 Å². The van der Waals surface area contributed by atoms with Crippen molar-refractivity contribution in [3.8, 4) is 11.5 Å². The van der Waals surface area contributed by atoms with Gasteiger partial charge in [-0.1, -0.05) is 41.9 Å². The lowest BCUT2D eigenvalue weighted by atomic mass is 10.1. The SMILES string of the molecule is CCOc1cc(Cl)c(NC(=O)Cc2ccccc2)cc1OCC. The highest BCUT2D eigenvalue weighted by Crippen LogP contribution is 2.36. The van der Waals surface area contributed by atoms with Crippen LogP contribution in [0.4, 0.5) is 5.69 Å². The summed E-state index contributed by atoms with van der Waals surface area (Å²) in [6.07, 6.45) is 0.286. The summed E-state index contributed by atoms with van der Waals surface area (Å²) in [6, 6.07) is 12.9. The van der Waals surface area contributed by atoms with Gasteiger partial charge in [0.05, 0.1) is 30.3 Å². The van der Waals surface area contributed by atoms with Gasteiger partial charge in [0, 0.05) is 12.1 Å². The summed E-state index contributed by atoms with van der Waals surface area (Å²) in [5, 5.41) is 3.24. The summed E-state index contributed by atoms with van der Waals surface area (Å²) in [7, 11) is 0. The molecule has 0 unspecified atom stereocenters. The third-order valence-corrected chi connectivity index (χ3v) is 3.43. The number of anilines is 1. The van der Waals surface area contributed by atoms with E-state index in [4.69, 9.17) is 21.1 Å². The van der Waals surface area contributed by atoms with E-state index in [0.717, 1.165) is 5.56 Å². The summed E-state index contributed by atoms with van der Waals surface area (Å²) in [5.41, 5.74) is 1.46. The van der Waals surface area contributed by atoms with Crippen LogP contribution in [0, 0.1) is 0 Å². The van der Waals surface area contributed by atoms with E-state index in [1.807, 2.05) is 44.2 Å². The normalized spacial score (nSPS) is 10.2. The number of benzene rings is 2. The molecule has 23 heavy (non-hydrogen) atoms. The van der Waals surface area contributed by atoms with Crippen molar-refractivity contribution in [3.63, 3.8) is 0 Å². The average Bonchev–Trinajstić information content (AvgIpc) is 2.53. The summed E-state index contributed by atoms with van der Waals surface area (Å²) < 4.78 is 11.1. The van der Waals surface area contributed by atoms with E-state index in [2.05, 4.69) is 5.32 Å². The Morgan fingerprint density at radius 3 is 2.26 bits per heavy atom. The van der Waals surface area contributed by atoms with Crippen LogP contribution >= 0.6 is 11.6 Å². The van der Waals surface area contributed by atoms with Crippen LogP contribution in [-0.2, 0) is 11.2 Å². The van der Waals surface area contributed by atoms with Gasteiger partial charge in [-0.05, 0) is 19.4 Å². The fraction of sp³-hybridized carbons (Fsp3) is 0.278. The summed E-state index contributed by atoms with van der Waals surface area (Å²) in [6.45, 7) is 4.78. The number of ether oxygens (including phenoxy) is 2. The molecule has 0 aliphatic rings. The van der Waals surface area contributed by atoms with Crippen LogP contribution in [0.3, 0.4) is 0 Å². The lowest BCUT2D eigenvalue weighted by molar-refractivity contribution is -0.115. The zero-order chi connectivity index (χ0) is 16.7. The molecule has 4 nitrogen and oxygen atoms in total. The van der Waals surface area contributed by atoms with Gasteiger partial charge in [-0.25, -0.2) is 0 Å². The van der Waals surface area contributed by atoms with Crippen LogP contribution in [-0.4, -0.2) is 19.1 Å². The predicted octanol–water partition coefficient (Wildman–Crippen LogP) is 4.32. The molecular weight excluding hydrogens is 314 g/mol. The second-order valence-electron chi connectivity index (χ2n) is 4.86. The molecule has 5 heteroatoms. The number of rotatable bonds is 7. The molecule has 2 rings (SSSR count). The molecule has 2 aromatic carbocycles. The van der Waals surface area contributed by atoms with Gasteiger partial charge in [-0.15, -0.1) is 0 Å². The number of carbonyl (C=O) groups is 1. The Kier molecular flexibility index (Phi) is 6.29. The molecule has 0 spiro atoms. The van der Waals surface area contributed by atoms with E-state index in [0.29, 0.717) is 35.4 Å². The second kappa shape index (κ2) is 8.44.